The third kappa shape index (κ3) is 2.84. The zero-order valence-electron chi connectivity index (χ0n) is 16.2. The number of carbonyl (C=O) groups excluding carboxylic acids is 1. The Hall–Kier alpha value is -1.39. The van der Waals surface area contributed by atoms with Crippen molar-refractivity contribution in [2.24, 2.45) is 29.1 Å². The van der Waals surface area contributed by atoms with Gasteiger partial charge in [0, 0.05) is 19.5 Å². The molecule has 27 heavy (non-hydrogen) atoms. The topological polar surface area (TPSA) is 60.8 Å². The number of benzene rings is 1. The van der Waals surface area contributed by atoms with Crippen LogP contribution in [0.2, 0.25) is 0 Å². The molecule has 0 aromatic heterocycles. The summed E-state index contributed by atoms with van der Waals surface area (Å²) in [6, 6.07) is 8.82. The summed E-state index contributed by atoms with van der Waals surface area (Å²) in [6.45, 7) is 3.11. The average Bonchev–Trinajstić information content (AvgIpc) is 2.59. The number of amides is 1. The van der Waals surface area contributed by atoms with Gasteiger partial charge in [0.2, 0.25) is 5.91 Å². The van der Waals surface area contributed by atoms with Crippen molar-refractivity contribution in [1.29, 1.82) is 0 Å². The number of carbonyl (C=O) groups is 1. The van der Waals surface area contributed by atoms with Crippen LogP contribution in [0.5, 0.6) is 0 Å². The lowest BCUT2D eigenvalue weighted by molar-refractivity contribution is -0.179. The van der Waals surface area contributed by atoms with Crippen LogP contribution in [0.3, 0.4) is 0 Å². The van der Waals surface area contributed by atoms with Gasteiger partial charge in [0.25, 0.3) is 0 Å². The molecule has 6 rings (SSSR count). The number of hydrogen-bond donors (Lipinski definition) is 2. The standard InChI is InChI=1S/C23H31NO3/c1-14-2-4-15(5-3-14)10-23(11-21(26)24-12-20(25)13-24)18-6-16-7-19(23)9-17(8-18)22(16)27/h2-5,16-20,22,25,27H,6-13H2,1H3. The largest absolute Gasteiger partial charge is 0.393 e. The normalized spacial score (nSPS) is 40.3. The van der Waals surface area contributed by atoms with Crippen molar-refractivity contribution < 1.29 is 15.0 Å². The van der Waals surface area contributed by atoms with Gasteiger partial charge in [0.1, 0.15) is 0 Å². The van der Waals surface area contributed by atoms with E-state index < -0.39 is 0 Å². The van der Waals surface area contributed by atoms with E-state index in [0.717, 1.165) is 32.1 Å². The van der Waals surface area contributed by atoms with Gasteiger partial charge in [-0.15, -0.1) is 0 Å². The number of nitrogens with zero attached hydrogens (tertiary/aromatic N) is 1. The quantitative estimate of drug-likeness (QED) is 0.857. The molecule has 4 nitrogen and oxygen atoms in total. The second-order valence-electron chi connectivity index (χ2n) is 9.87. The molecule has 146 valence electrons. The van der Waals surface area contributed by atoms with Gasteiger partial charge >= 0.3 is 0 Å². The molecule has 4 heteroatoms. The molecule has 0 spiro atoms. The van der Waals surface area contributed by atoms with E-state index in [0.29, 0.717) is 43.2 Å². The van der Waals surface area contributed by atoms with E-state index in [-0.39, 0.29) is 23.5 Å². The molecule has 2 N–H and O–H groups in total. The minimum Gasteiger partial charge on any atom is -0.393 e. The molecule has 1 aromatic carbocycles. The third-order valence-electron chi connectivity index (χ3n) is 8.29. The van der Waals surface area contributed by atoms with Gasteiger partial charge in [0.05, 0.1) is 12.2 Å². The summed E-state index contributed by atoms with van der Waals surface area (Å²) in [4.78, 5) is 14.9. The van der Waals surface area contributed by atoms with Crippen molar-refractivity contribution >= 4 is 5.91 Å². The monoisotopic (exact) mass is 369 g/mol. The highest BCUT2D eigenvalue weighted by Crippen LogP contribution is 2.64. The van der Waals surface area contributed by atoms with Crippen molar-refractivity contribution in [2.75, 3.05) is 13.1 Å². The van der Waals surface area contributed by atoms with Crippen LogP contribution in [-0.2, 0) is 11.2 Å². The van der Waals surface area contributed by atoms with Crippen LogP contribution in [-0.4, -0.2) is 46.3 Å². The average molecular weight is 370 g/mol. The molecule has 0 unspecified atom stereocenters. The SMILES string of the molecule is Cc1ccc(CC2(CC(=O)N3CC(O)C3)C3CC4CC2CC(C3)C4O)cc1. The summed E-state index contributed by atoms with van der Waals surface area (Å²) in [5.41, 5.74) is 2.64. The van der Waals surface area contributed by atoms with Crippen molar-refractivity contribution in [3.05, 3.63) is 35.4 Å². The number of hydrogen-bond acceptors (Lipinski definition) is 3. The van der Waals surface area contributed by atoms with Crippen LogP contribution >= 0.6 is 0 Å². The highest BCUT2D eigenvalue weighted by molar-refractivity contribution is 5.78. The van der Waals surface area contributed by atoms with Gasteiger partial charge in [-0.3, -0.25) is 4.79 Å². The fourth-order valence-electron chi connectivity index (χ4n) is 6.84. The van der Waals surface area contributed by atoms with E-state index in [1.165, 1.54) is 11.1 Å². The molecule has 1 heterocycles. The third-order valence-corrected chi connectivity index (χ3v) is 8.29. The highest BCUT2D eigenvalue weighted by atomic mass is 16.3. The van der Waals surface area contributed by atoms with Crippen molar-refractivity contribution in [2.45, 2.75) is 57.7 Å². The van der Waals surface area contributed by atoms with Crippen LogP contribution in [0, 0.1) is 36.0 Å². The second kappa shape index (κ2) is 6.31. The first-order valence-corrected chi connectivity index (χ1v) is 10.6. The van der Waals surface area contributed by atoms with E-state index in [1.807, 2.05) is 4.90 Å². The minimum atomic E-state index is -0.337. The Morgan fingerprint density at radius 2 is 1.59 bits per heavy atom. The smallest absolute Gasteiger partial charge is 0.223 e. The maximum atomic E-state index is 13.0. The van der Waals surface area contributed by atoms with Gasteiger partial charge in [-0.25, -0.2) is 0 Å². The molecule has 4 saturated carbocycles. The molecule has 0 atom stereocenters. The zero-order valence-corrected chi connectivity index (χ0v) is 16.2. The molecular formula is C23H31NO3. The Morgan fingerprint density at radius 1 is 1.04 bits per heavy atom. The first kappa shape index (κ1) is 17.7. The zero-order chi connectivity index (χ0) is 18.8. The Morgan fingerprint density at radius 3 is 2.11 bits per heavy atom. The van der Waals surface area contributed by atoms with E-state index >= 15 is 0 Å². The van der Waals surface area contributed by atoms with Crippen LogP contribution in [0.4, 0.5) is 0 Å². The van der Waals surface area contributed by atoms with E-state index in [1.54, 1.807) is 0 Å². The number of aliphatic hydroxyl groups excluding tert-OH is 2. The van der Waals surface area contributed by atoms with Gasteiger partial charge in [-0.05, 0) is 73.7 Å². The van der Waals surface area contributed by atoms with Crippen LogP contribution in [0.1, 0.15) is 43.2 Å². The van der Waals surface area contributed by atoms with Crippen LogP contribution in [0.15, 0.2) is 24.3 Å². The molecule has 5 aliphatic rings. The molecule has 4 bridgehead atoms. The lowest BCUT2D eigenvalue weighted by Crippen LogP contribution is -2.61. The Labute approximate surface area is 161 Å². The maximum Gasteiger partial charge on any atom is 0.223 e. The number of rotatable bonds is 4. The van der Waals surface area contributed by atoms with Gasteiger partial charge < -0.3 is 15.1 Å². The summed E-state index contributed by atoms with van der Waals surface area (Å²) in [7, 11) is 0. The fourth-order valence-corrected chi connectivity index (χ4v) is 6.84. The van der Waals surface area contributed by atoms with Crippen molar-refractivity contribution in [1.82, 2.24) is 4.90 Å². The summed E-state index contributed by atoms with van der Waals surface area (Å²) < 4.78 is 0. The summed E-state index contributed by atoms with van der Waals surface area (Å²) in [5.74, 6) is 2.19. The first-order valence-electron chi connectivity index (χ1n) is 10.6. The highest BCUT2D eigenvalue weighted by Gasteiger charge is 2.60. The Bertz CT molecular complexity index is 692. The van der Waals surface area contributed by atoms with Crippen molar-refractivity contribution in [3.8, 4) is 0 Å². The van der Waals surface area contributed by atoms with Gasteiger partial charge in [0.15, 0.2) is 0 Å². The minimum absolute atomic E-state index is 0.0278. The Kier molecular flexibility index (Phi) is 4.14. The summed E-state index contributed by atoms with van der Waals surface area (Å²) in [6.07, 6.45) is 5.45. The number of aliphatic hydroxyl groups is 2. The molecule has 0 radical (unpaired) electrons. The van der Waals surface area contributed by atoms with Gasteiger partial charge in [-0.2, -0.15) is 0 Å². The molecule has 4 aliphatic carbocycles. The molecule has 1 aromatic rings. The predicted molar refractivity (Wildman–Crippen MR) is 103 cm³/mol. The first-order chi connectivity index (χ1) is 12.9. The molecular weight excluding hydrogens is 338 g/mol. The Balaban J connectivity index is 1.44. The molecule has 1 saturated heterocycles. The lowest BCUT2D eigenvalue weighted by atomic mass is 9.42. The lowest BCUT2D eigenvalue weighted by Gasteiger charge is -2.63. The molecule has 1 amide bonds. The van der Waals surface area contributed by atoms with Gasteiger partial charge in [-0.1, -0.05) is 29.8 Å². The summed E-state index contributed by atoms with van der Waals surface area (Å²) in [5, 5.41) is 20.2. The van der Waals surface area contributed by atoms with Crippen LogP contribution < -0.4 is 0 Å². The molecule has 5 fully saturated rings. The number of aryl methyl sites for hydroxylation is 1. The maximum absolute atomic E-state index is 13.0. The fraction of sp³-hybridized carbons (Fsp3) is 0.696. The second-order valence-corrected chi connectivity index (χ2v) is 9.87. The van der Waals surface area contributed by atoms with Crippen molar-refractivity contribution in [3.63, 3.8) is 0 Å². The summed E-state index contributed by atoms with van der Waals surface area (Å²) >= 11 is 0. The van der Waals surface area contributed by atoms with E-state index in [9.17, 15) is 15.0 Å². The number of likely N-dealkylation sites (tertiary alicyclic amines) is 1. The predicted octanol–water partition coefficient (Wildman–Crippen LogP) is 2.54. The number of β-amino-alcohol motifs (C(OH)–C–C–N with tert-alkyl or cyclic N) is 1. The van der Waals surface area contributed by atoms with E-state index in [2.05, 4.69) is 31.2 Å². The van der Waals surface area contributed by atoms with E-state index in [4.69, 9.17) is 0 Å². The molecule has 1 aliphatic heterocycles. The van der Waals surface area contributed by atoms with Crippen LogP contribution in [0.25, 0.3) is 0 Å².